The van der Waals surface area contributed by atoms with E-state index in [1.165, 1.54) is 24.1 Å². The summed E-state index contributed by atoms with van der Waals surface area (Å²) in [6.45, 7) is 3.36. The molecule has 2 aliphatic rings. The van der Waals surface area contributed by atoms with Crippen LogP contribution in [0.2, 0.25) is 0 Å². The molecule has 2 aliphatic heterocycles. The van der Waals surface area contributed by atoms with Crippen molar-refractivity contribution >= 4 is 5.69 Å². The van der Waals surface area contributed by atoms with Crippen molar-refractivity contribution in [2.24, 2.45) is 0 Å². The minimum atomic E-state index is 0.386. The molecule has 1 fully saturated rings. The molecule has 0 aliphatic carbocycles. The van der Waals surface area contributed by atoms with Gasteiger partial charge in [0.1, 0.15) is 11.9 Å². The van der Waals surface area contributed by atoms with Crippen LogP contribution in [0.5, 0.6) is 5.75 Å². The van der Waals surface area contributed by atoms with Gasteiger partial charge in [0, 0.05) is 19.6 Å². The molecule has 0 amide bonds. The van der Waals surface area contributed by atoms with Crippen molar-refractivity contribution < 1.29 is 4.74 Å². The number of para-hydroxylation sites is 1. The number of nitrogens with zero attached hydrogens (tertiary/aromatic N) is 1. The van der Waals surface area contributed by atoms with Gasteiger partial charge in [-0.2, -0.15) is 0 Å². The first-order valence-corrected chi connectivity index (χ1v) is 7.04. The molecule has 1 N–H and O–H groups in total. The minimum absolute atomic E-state index is 0.386. The lowest BCUT2D eigenvalue weighted by Crippen LogP contribution is -2.35. The number of likely N-dealkylation sites (tertiary alicyclic amines) is 1. The summed E-state index contributed by atoms with van der Waals surface area (Å²) in [6, 6.07) is 6.44. The van der Waals surface area contributed by atoms with E-state index in [0.717, 1.165) is 38.2 Å². The number of aryl methyl sites for hydroxylation is 1. The molecule has 1 aromatic rings. The number of anilines is 1. The van der Waals surface area contributed by atoms with E-state index in [-0.39, 0.29) is 0 Å². The van der Waals surface area contributed by atoms with Gasteiger partial charge in [0.05, 0.1) is 5.69 Å². The molecule has 1 aromatic carbocycles. The van der Waals surface area contributed by atoms with Gasteiger partial charge in [-0.25, -0.2) is 0 Å². The van der Waals surface area contributed by atoms with Gasteiger partial charge < -0.3 is 15.0 Å². The fourth-order valence-corrected chi connectivity index (χ4v) is 2.86. The van der Waals surface area contributed by atoms with E-state index in [1.54, 1.807) is 0 Å². The molecule has 18 heavy (non-hydrogen) atoms. The van der Waals surface area contributed by atoms with E-state index in [0.29, 0.717) is 6.10 Å². The van der Waals surface area contributed by atoms with E-state index in [2.05, 4.69) is 35.5 Å². The first-order valence-electron chi connectivity index (χ1n) is 7.04. The number of fused-ring (bicyclic) bond motifs is 1. The minimum Gasteiger partial charge on any atom is -0.488 e. The van der Waals surface area contributed by atoms with Crippen LogP contribution >= 0.6 is 0 Å². The van der Waals surface area contributed by atoms with Gasteiger partial charge in [-0.15, -0.1) is 0 Å². The first-order chi connectivity index (χ1) is 8.83. The molecule has 0 atom stereocenters. The maximum absolute atomic E-state index is 6.21. The van der Waals surface area contributed by atoms with Crippen molar-refractivity contribution in [3.63, 3.8) is 0 Å². The Bertz CT molecular complexity index is 411. The predicted octanol–water partition coefficient (Wildman–Crippen LogP) is 2.52. The SMILES string of the molecule is CN1CCC(Oc2cccc3c2NCCC3)CC1. The van der Waals surface area contributed by atoms with Crippen LogP contribution < -0.4 is 10.1 Å². The smallest absolute Gasteiger partial charge is 0.143 e. The zero-order valence-corrected chi connectivity index (χ0v) is 11.1. The highest BCUT2D eigenvalue weighted by atomic mass is 16.5. The van der Waals surface area contributed by atoms with Gasteiger partial charge in [0.15, 0.2) is 0 Å². The molecule has 0 saturated carbocycles. The van der Waals surface area contributed by atoms with Crippen molar-refractivity contribution in [3.8, 4) is 5.75 Å². The van der Waals surface area contributed by atoms with Crippen molar-refractivity contribution in [2.75, 3.05) is 32.0 Å². The van der Waals surface area contributed by atoms with Gasteiger partial charge in [-0.05, 0) is 44.4 Å². The highest BCUT2D eigenvalue weighted by molar-refractivity contribution is 5.63. The Hall–Kier alpha value is -1.22. The fourth-order valence-electron chi connectivity index (χ4n) is 2.86. The molecule has 0 bridgehead atoms. The van der Waals surface area contributed by atoms with Crippen molar-refractivity contribution in [3.05, 3.63) is 23.8 Å². The lowest BCUT2D eigenvalue weighted by atomic mass is 10.0. The standard InChI is InChI=1S/C15H22N2O/c1-17-10-7-13(8-11-17)18-14-6-2-4-12-5-3-9-16-15(12)14/h2,4,6,13,16H,3,5,7-11H2,1H3. The van der Waals surface area contributed by atoms with Crippen LogP contribution in [0.25, 0.3) is 0 Å². The van der Waals surface area contributed by atoms with E-state index >= 15 is 0 Å². The Morgan fingerprint density at radius 3 is 2.94 bits per heavy atom. The number of rotatable bonds is 2. The normalized spacial score (nSPS) is 21.2. The summed E-state index contributed by atoms with van der Waals surface area (Å²) in [5, 5.41) is 3.49. The maximum Gasteiger partial charge on any atom is 0.143 e. The molecule has 0 unspecified atom stereocenters. The second kappa shape index (κ2) is 5.19. The van der Waals surface area contributed by atoms with Gasteiger partial charge >= 0.3 is 0 Å². The summed E-state index contributed by atoms with van der Waals surface area (Å²) < 4.78 is 6.21. The summed E-state index contributed by atoms with van der Waals surface area (Å²) in [6.07, 6.45) is 5.06. The van der Waals surface area contributed by atoms with Crippen LogP contribution in [-0.2, 0) is 6.42 Å². The Morgan fingerprint density at radius 1 is 1.28 bits per heavy atom. The zero-order valence-electron chi connectivity index (χ0n) is 11.1. The molecule has 3 rings (SSSR count). The highest BCUT2D eigenvalue weighted by Crippen LogP contribution is 2.33. The number of benzene rings is 1. The third-order valence-corrected chi connectivity index (χ3v) is 4.00. The molecule has 3 nitrogen and oxygen atoms in total. The van der Waals surface area contributed by atoms with Gasteiger partial charge in [0.25, 0.3) is 0 Å². The van der Waals surface area contributed by atoms with E-state index in [4.69, 9.17) is 4.74 Å². The number of ether oxygens (including phenoxy) is 1. The van der Waals surface area contributed by atoms with Crippen LogP contribution in [-0.4, -0.2) is 37.7 Å². The Morgan fingerprint density at radius 2 is 2.11 bits per heavy atom. The summed E-state index contributed by atoms with van der Waals surface area (Å²) in [5.41, 5.74) is 2.65. The van der Waals surface area contributed by atoms with Crippen LogP contribution in [0.4, 0.5) is 5.69 Å². The molecule has 0 radical (unpaired) electrons. The second-order valence-electron chi connectivity index (χ2n) is 5.44. The number of piperidine rings is 1. The maximum atomic E-state index is 6.21. The third-order valence-electron chi connectivity index (χ3n) is 4.00. The van der Waals surface area contributed by atoms with Gasteiger partial charge in [0.2, 0.25) is 0 Å². The molecule has 0 spiro atoms. The summed E-state index contributed by atoms with van der Waals surface area (Å²) in [5.74, 6) is 1.06. The summed E-state index contributed by atoms with van der Waals surface area (Å²) in [7, 11) is 2.18. The van der Waals surface area contributed by atoms with Gasteiger partial charge in [-0.1, -0.05) is 12.1 Å². The third kappa shape index (κ3) is 2.46. The Balaban J connectivity index is 1.72. The molecule has 3 heteroatoms. The lowest BCUT2D eigenvalue weighted by molar-refractivity contribution is 0.115. The molecule has 2 heterocycles. The highest BCUT2D eigenvalue weighted by Gasteiger charge is 2.20. The molecule has 98 valence electrons. The zero-order chi connectivity index (χ0) is 12.4. The summed E-state index contributed by atoms with van der Waals surface area (Å²) >= 11 is 0. The van der Waals surface area contributed by atoms with Crippen molar-refractivity contribution in [1.82, 2.24) is 4.90 Å². The molecular formula is C15H22N2O. The molecule has 0 aromatic heterocycles. The van der Waals surface area contributed by atoms with Crippen LogP contribution in [0.3, 0.4) is 0 Å². The largest absolute Gasteiger partial charge is 0.488 e. The molecular weight excluding hydrogens is 224 g/mol. The number of hydrogen-bond donors (Lipinski definition) is 1. The fraction of sp³-hybridized carbons (Fsp3) is 0.600. The van der Waals surface area contributed by atoms with Crippen LogP contribution in [0, 0.1) is 0 Å². The van der Waals surface area contributed by atoms with Crippen LogP contribution in [0.1, 0.15) is 24.8 Å². The Labute approximate surface area is 109 Å². The molecule has 1 saturated heterocycles. The first kappa shape index (κ1) is 11.8. The van der Waals surface area contributed by atoms with E-state index in [1.807, 2.05) is 0 Å². The predicted molar refractivity (Wildman–Crippen MR) is 74.4 cm³/mol. The lowest BCUT2D eigenvalue weighted by Gasteiger charge is -2.31. The van der Waals surface area contributed by atoms with Crippen molar-refractivity contribution in [2.45, 2.75) is 31.8 Å². The Kier molecular flexibility index (Phi) is 3.41. The van der Waals surface area contributed by atoms with Gasteiger partial charge in [-0.3, -0.25) is 0 Å². The monoisotopic (exact) mass is 246 g/mol. The van der Waals surface area contributed by atoms with E-state index in [9.17, 15) is 0 Å². The number of hydrogen-bond acceptors (Lipinski definition) is 3. The van der Waals surface area contributed by atoms with E-state index < -0.39 is 0 Å². The van der Waals surface area contributed by atoms with Crippen LogP contribution in [0.15, 0.2) is 18.2 Å². The average molecular weight is 246 g/mol. The van der Waals surface area contributed by atoms with Crippen molar-refractivity contribution in [1.29, 1.82) is 0 Å². The quantitative estimate of drug-likeness (QED) is 0.868. The average Bonchev–Trinajstić information content (AvgIpc) is 2.42. The summed E-state index contributed by atoms with van der Waals surface area (Å²) in [4.78, 5) is 2.37. The number of nitrogens with one attached hydrogen (secondary N) is 1. The topological polar surface area (TPSA) is 24.5 Å². The second-order valence-corrected chi connectivity index (χ2v) is 5.44.